The lowest BCUT2D eigenvalue weighted by Crippen LogP contribution is -2.47. The van der Waals surface area contributed by atoms with E-state index in [2.05, 4.69) is 5.32 Å². The zero-order valence-corrected chi connectivity index (χ0v) is 16.3. The van der Waals surface area contributed by atoms with Gasteiger partial charge in [-0.25, -0.2) is 8.42 Å². The first-order valence-corrected chi connectivity index (χ1v) is 10.4. The average molecular weight is 413 g/mol. The molecule has 2 heterocycles. The summed E-state index contributed by atoms with van der Waals surface area (Å²) in [6.45, 7) is 1.55. The van der Waals surface area contributed by atoms with Crippen LogP contribution in [0.15, 0.2) is 29.4 Å². The van der Waals surface area contributed by atoms with E-state index in [1.54, 1.807) is 6.92 Å². The molecular formula is C17H25N4O6S. The first-order chi connectivity index (χ1) is 13.1. The van der Waals surface area contributed by atoms with Crippen LogP contribution in [0.2, 0.25) is 0 Å². The zero-order valence-electron chi connectivity index (χ0n) is 15.5. The molecule has 4 N–H and O–H groups in total. The second-order valence-electron chi connectivity index (χ2n) is 6.83. The van der Waals surface area contributed by atoms with Gasteiger partial charge in [-0.15, -0.1) is 0 Å². The Morgan fingerprint density at radius 1 is 1.54 bits per heavy atom. The monoisotopic (exact) mass is 413 g/mol. The highest BCUT2D eigenvalue weighted by atomic mass is 32.2. The number of sulfonamides is 1. The predicted octanol–water partition coefficient (Wildman–Crippen LogP) is -1.33. The molecule has 1 fully saturated rings. The number of primary amides is 1. The molecule has 11 heteroatoms. The average Bonchev–Trinajstić information content (AvgIpc) is 2.81. The van der Waals surface area contributed by atoms with Gasteiger partial charge >= 0.3 is 0 Å². The highest BCUT2D eigenvalue weighted by molar-refractivity contribution is 7.89. The van der Waals surface area contributed by atoms with Crippen LogP contribution in [0.1, 0.15) is 26.2 Å². The fourth-order valence-electron chi connectivity index (χ4n) is 2.87. The smallest absolute Gasteiger partial charge is 0.249 e. The van der Waals surface area contributed by atoms with Crippen LogP contribution in [0.25, 0.3) is 0 Å². The topological polar surface area (TPSA) is 157 Å². The van der Waals surface area contributed by atoms with E-state index in [0.29, 0.717) is 17.6 Å². The van der Waals surface area contributed by atoms with Crippen LogP contribution in [-0.4, -0.2) is 54.9 Å². The molecule has 155 valence electrons. The maximum absolute atomic E-state index is 12.7. The number of carbonyl (C=O) groups is 2. The summed E-state index contributed by atoms with van der Waals surface area (Å²) in [4.78, 5) is 22.9. The maximum Gasteiger partial charge on any atom is 0.249 e. The van der Waals surface area contributed by atoms with E-state index in [1.165, 1.54) is 24.8 Å². The highest BCUT2D eigenvalue weighted by Crippen LogP contribution is 2.20. The lowest BCUT2D eigenvalue weighted by molar-refractivity contribution is -0.607. The van der Waals surface area contributed by atoms with Crippen molar-refractivity contribution in [2.75, 3.05) is 13.1 Å². The van der Waals surface area contributed by atoms with Gasteiger partial charge < -0.3 is 21.4 Å². The highest BCUT2D eigenvalue weighted by Gasteiger charge is 2.34. The Labute approximate surface area is 164 Å². The molecule has 0 saturated carbocycles. The van der Waals surface area contributed by atoms with Crippen molar-refractivity contribution in [1.82, 2.24) is 9.62 Å². The molecule has 1 radical (unpaired) electrons. The summed E-state index contributed by atoms with van der Waals surface area (Å²) in [6.07, 6.45) is 3.29. The fraction of sp³-hybridized carbons (Fsp3) is 0.529. The molecule has 0 bridgehead atoms. The molecule has 2 unspecified atom stereocenters. The van der Waals surface area contributed by atoms with Gasteiger partial charge in [-0.2, -0.15) is 9.04 Å². The van der Waals surface area contributed by atoms with E-state index in [9.17, 15) is 28.3 Å². The Morgan fingerprint density at radius 2 is 2.25 bits per heavy atom. The zero-order chi connectivity index (χ0) is 20.9. The van der Waals surface area contributed by atoms with E-state index in [1.807, 2.05) is 0 Å². The van der Waals surface area contributed by atoms with Gasteiger partial charge in [-0.1, -0.05) is 6.92 Å². The molecule has 3 atom stereocenters. The minimum absolute atomic E-state index is 0.155. The van der Waals surface area contributed by atoms with Crippen LogP contribution < -0.4 is 15.8 Å². The number of nitrogens with zero attached hydrogens (tertiary/aromatic N) is 2. The van der Waals surface area contributed by atoms with Crippen molar-refractivity contribution >= 4 is 21.8 Å². The summed E-state index contributed by atoms with van der Waals surface area (Å²) < 4.78 is 27.0. The van der Waals surface area contributed by atoms with Gasteiger partial charge in [0, 0.05) is 25.1 Å². The predicted molar refractivity (Wildman–Crippen MR) is 98.6 cm³/mol. The molecule has 1 aliphatic rings. The molecular weight excluding hydrogens is 388 g/mol. The fourth-order valence-corrected chi connectivity index (χ4v) is 4.38. The number of nitrogens with one attached hydrogen (secondary N) is 1. The van der Waals surface area contributed by atoms with Crippen molar-refractivity contribution < 1.29 is 27.8 Å². The number of pyridine rings is 1. The molecule has 2 amide bonds. The van der Waals surface area contributed by atoms with Gasteiger partial charge in [0.25, 0.3) is 0 Å². The minimum atomic E-state index is -3.94. The van der Waals surface area contributed by atoms with Crippen molar-refractivity contribution in [3.8, 4) is 0 Å². The summed E-state index contributed by atoms with van der Waals surface area (Å²) in [6, 6.07) is 2.02. The van der Waals surface area contributed by atoms with Crippen molar-refractivity contribution in [2.45, 2.75) is 43.2 Å². The number of hydrogen-bond acceptors (Lipinski definition) is 6. The normalized spacial score (nSPS) is 22.2. The largest absolute Gasteiger partial charge is 0.619 e. The summed E-state index contributed by atoms with van der Waals surface area (Å²) >= 11 is 0. The first kappa shape index (κ1) is 22.1. The molecule has 2 rings (SSSR count). The Kier molecular flexibility index (Phi) is 7.33. The van der Waals surface area contributed by atoms with Crippen molar-refractivity contribution in [2.24, 2.45) is 11.7 Å². The number of hydrogen-bond donors (Lipinski definition) is 3. The summed E-state index contributed by atoms with van der Waals surface area (Å²) in [5, 5.41) is 24.5. The third-order valence-electron chi connectivity index (χ3n) is 4.63. The maximum atomic E-state index is 12.7. The molecule has 1 aliphatic heterocycles. The van der Waals surface area contributed by atoms with Crippen molar-refractivity contribution in [3.63, 3.8) is 0 Å². The van der Waals surface area contributed by atoms with Gasteiger partial charge in [0.05, 0.1) is 18.6 Å². The number of aliphatic hydroxyl groups excluding tert-OH is 1. The van der Waals surface area contributed by atoms with Gasteiger partial charge in [0.15, 0.2) is 12.4 Å². The Balaban J connectivity index is 2.00. The Hall–Kier alpha value is -2.24. The van der Waals surface area contributed by atoms with E-state index in [-0.39, 0.29) is 24.4 Å². The molecule has 0 spiro atoms. The molecule has 1 aromatic heterocycles. The van der Waals surface area contributed by atoms with E-state index in [0.717, 1.165) is 10.5 Å². The lowest BCUT2D eigenvalue weighted by atomic mass is 10.0. The van der Waals surface area contributed by atoms with E-state index < -0.39 is 39.9 Å². The van der Waals surface area contributed by atoms with Crippen LogP contribution in [0.3, 0.4) is 0 Å². The van der Waals surface area contributed by atoms with E-state index in [4.69, 9.17) is 5.73 Å². The summed E-state index contributed by atoms with van der Waals surface area (Å²) in [5.74, 6) is -1.45. The van der Waals surface area contributed by atoms with Gasteiger partial charge in [0.2, 0.25) is 21.8 Å². The van der Waals surface area contributed by atoms with Gasteiger partial charge in [-0.05, 0) is 25.3 Å². The molecule has 10 nitrogen and oxygen atoms in total. The van der Waals surface area contributed by atoms with E-state index >= 15 is 0 Å². The number of nitrogens with two attached hydrogens (primary N) is 1. The number of amides is 2. The quantitative estimate of drug-likeness (QED) is 0.371. The molecule has 1 saturated heterocycles. The number of rotatable bonds is 7. The van der Waals surface area contributed by atoms with Crippen molar-refractivity contribution in [3.05, 3.63) is 36.2 Å². The Morgan fingerprint density at radius 3 is 2.89 bits per heavy atom. The molecule has 28 heavy (non-hydrogen) atoms. The van der Waals surface area contributed by atoms with Crippen LogP contribution in [0.5, 0.6) is 0 Å². The molecule has 1 aromatic rings. The number of carbonyl (C=O) groups excluding carboxylic acids is 2. The SMILES string of the molecule is CC(C[CH]C(=O)NC1CCCN(S(=O)(=O)c2ccc[n+]([O-])c2)C[C@@H]1O)C(N)=O. The van der Waals surface area contributed by atoms with Crippen LogP contribution in [0, 0.1) is 17.5 Å². The third kappa shape index (κ3) is 5.63. The van der Waals surface area contributed by atoms with Crippen molar-refractivity contribution in [1.29, 1.82) is 0 Å². The second kappa shape index (κ2) is 9.30. The standard InChI is InChI=1S/C17H25N4O6S/c1-12(17(18)24)6-7-16(23)19-14-5-3-9-21(11-15(14)22)28(26,27)13-4-2-8-20(25)10-13/h2,4,7-8,10,12,14-15,22H,3,5-6,9,11H2,1H3,(H2,18,24)(H,19,23)/t12?,14?,15-/m0/s1. The number of aromatic nitrogens is 1. The molecule has 0 aliphatic carbocycles. The lowest BCUT2D eigenvalue weighted by Gasteiger charge is -2.25. The Bertz CT molecular complexity index is 816. The minimum Gasteiger partial charge on any atom is -0.619 e. The number of β-amino-alcohol motifs (C(OH)–C–C–N with tert-alkyl or cyclic N) is 1. The van der Waals surface area contributed by atoms with Crippen LogP contribution in [-0.2, 0) is 19.6 Å². The van der Waals surface area contributed by atoms with Gasteiger partial charge in [0.1, 0.15) is 4.90 Å². The van der Waals surface area contributed by atoms with Gasteiger partial charge in [-0.3, -0.25) is 9.59 Å². The van der Waals surface area contributed by atoms with Crippen LogP contribution in [0.4, 0.5) is 0 Å². The summed E-state index contributed by atoms with van der Waals surface area (Å²) in [7, 11) is -3.94. The second-order valence-corrected chi connectivity index (χ2v) is 8.77. The first-order valence-electron chi connectivity index (χ1n) is 8.91. The molecule has 0 aromatic carbocycles. The third-order valence-corrected chi connectivity index (χ3v) is 6.48. The summed E-state index contributed by atoms with van der Waals surface area (Å²) in [5.41, 5.74) is 5.15. The number of aliphatic hydroxyl groups is 1. The van der Waals surface area contributed by atoms with Crippen LogP contribution >= 0.6 is 0 Å².